The second-order valence-electron chi connectivity index (χ2n) is 7.04. The van der Waals surface area contributed by atoms with Crippen molar-refractivity contribution in [3.8, 4) is 11.1 Å². The van der Waals surface area contributed by atoms with Gasteiger partial charge in [0.05, 0.1) is 5.92 Å². The first-order valence-corrected chi connectivity index (χ1v) is 9.15. The second-order valence-corrected chi connectivity index (χ2v) is 7.04. The number of aromatic nitrogens is 2. The molecule has 0 radical (unpaired) electrons. The van der Waals surface area contributed by atoms with Crippen molar-refractivity contribution in [2.45, 2.75) is 19.8 Å². The number of nitrogens with two attached hydrogens (primary N) is 1. The zero-order chi connectivity index (χ0) is 20.3. The number of amides is 1. The first-order valence-electron chi connectivity index (χ1n) is 9.15. The van der Waals surface area contributed by atoms with E-state index in [0.29, 0.717) is 31.5 Å². The molecule has 1 saturated heterocycles. The van der Waals surface area contributed by atoms with Crippen LogP contribution < -0.4 is 5.73 Å². The first kappa shape index (κ1) is 19.5. The highest BCUT2D eigenvalue weighted by molar-refractivity contribution is 5.95. The van der Waals surface area contributed by atoms with E-state index in [1.165, 1.54) is 0 Å². The van der Waals surface area contributed by atoms with Gasteiger partial charge >= 0.3 is 5.97 Å². The summed E-state index contributed by atoms with van der Waals surface area (Å²) in [7, 11) is 0. The van der Waals surface area contributed by atoms with Gasteiger partial charge in [-0.1, -0.05) is 31.2 Å². The average molecular weight is 381 g/mol. The van der Waals surface area contributed by atoms with Crippen molar-refractivity contribution >= 4 is 17.7 Å². The number of carbonyl (C=O) groups excluding carboxylic acids is 1. The third-order valence-electron chi connectivity index (χ3n) is 5.30. The van der Waals surface area contributed by atoms with Crippen molar-refractivity contribution in [3.05, 3.63) is 48.0 Å². The predicted molar refractivity (Wildman–Crippen MR) is 104 cm³/mol. The van der Waals surface area contributed by atoms with E-state index in [4.69, 9.17) is 16.2 Å². The Morgan fingerprint density at radius 1 is 1.14 bits per heavy atom. The number of carboxylic acids is 1. The molecule has 1 aliphatic rings. The average Bonchev–Trinajstić information content (AvgIpc) is 2.73. The number of nitrogens with one attached hydrogen (secondary N) is 1. The number of hydrogen-bond acceptors (Lipinski definition) is 5. The normalized spacial score (nSPS) is 15.8. The maximum atomic E-state index is 12.6. The summed E-state index contributed by atoms with van der Waals surface area (Å²) < 4.78 is 0. The number of benzene rings is 1. The van der Waals surface area contributed by atoms with Crippen LogP contribution in [-0.4, -0.2) is 50.8 Å². The Balaban J connectivity index is 1.64. The highest BCUT2D eigenvalue weighted by Crippen LogP contribution is 2.26. The van der Waals surface area contributed by atoms with Crippen LogP contribution in [-0.2, 0) is 4.79 Å². The molecule has 1 unspecified atom stereocenters. The molecule has 8 heteroatoms. The topological polar surface area (TPSA) is 133 Å². The summed E-state index contributed by atoms with van der Waals surface area (Å²) in [5, 5.41) is 16.6. The van der Waals surface area contributed by atoms with Crippen LogP contribution in [0.1, 0.15) is 35.9 Å². The van der Waals surface area contributed by atoms with Crippen LogP contribution in [0.15, 0.2) is 36.7 Å². The van der Waals surface area contributed by atoms with E-state index in [2.05, 4.69) is 9.97 Å². The number of aliphatic carboxylic acids is 1. The van der Waals surface area contributed by atoms with Gasteiger partial charge in [0.1, 0.15) is 5.84 Å². The molecule has 1 aromatic heterocycles. The van der Waals surface area contributed by atoms with Crippen molar-refractivity contribution in [2.24, 2.45) is 17.6 Å². The molecule has 8 nitrogen and oxygen atoms in total. The lowest BCUT2D eigenvalue weighted by Gasteiger charge is -2.33. The largest absolute Gasteiger partial charge is 0.481 e. The molecule has 146 valence electrons. The number of nitrogen functional groups attached to an aromatic ring is 1. The Bertz CT molecular complexity index is 872. The third kappa shape index (κ3) is 4.16. The number of nitrogens with zero attached hydrogens (tertiary/aromatic N) is 3. The van der Waals surface area contributed by atoms with Gasteiger partial charge in [0.15, 0.2) is 0 Å². The Labute approximate surface area is 162 Å². The van der Waals surface area contributed by atoms with Gasteiger partial charge in [-0.3, -0.25) is 15.0 Å². The van der Waals surface area contributed by atoms with Crippen LogP contribution in [0.3, 0.4) is 0 Å². The lowest BCUT2D eigenvalue weighted by molar-refractivity contribution is -0.143. The van der Waals surface area contributed by atoms with Crippen molar-refractivity contribution in [2.75, 3.05) is 13.1 Å². The SMILES string of the molecule is CC(C(=O)O)C1CCN(C(=O)c2ncc(-c3ccc(C(=N)N)cc3)cn2)CC1. The highest BCUT2D eigenvalue weighted by Gasteiger charge is 2.30. The minimum atomic E-state index is -0.792. The number of hydrogen-bond donors (Lipinski definition) is 3. The fraction of sp³-hybridized carbons (Fsp3) is 0.350. The van der Waals surface area contributed by atoms with Crippen LogP contribution in [0.4, 0.5) is 0 Å². The number of carboxylic acid groups (broad SMARTS) is 1. The van der Waals surface area contributed by atoms with Crippen LogP contribution in [0.5, 0.6) is 0 Å². The number of likely N-dealkylation sites (tertiary alicyclic amines) is 1. The molecule has 1 atom stereocenters. The summed E-state index contributed by atoms with van der Waals surface area (Å²) in [4.78, 5) is 33.8. The van der Waals surface area contributed by atoms with Crippen LogP contribution >= 0.6 is 0 Å². The fourth-order valence-electron chi connectivity index (χ4n) is 3.38. The summed E-state index contributed by atoms with van der Waals surface area (Å²) in [6.07, 6.45) is 4.53. The van der Waals surface area contributed by atoms with E-state index in [1.54, 1.807) is 36.4 Å². The molecular formula is C20H23N5O3. The summed E-state index contributed by atoms with van der Waals surface area (Å²) in [5.41, 5.74) is 7.72. The molecule has 4 N–H and O–H groups in total. The summed E-state index contributed by atoms with van der Waals surface area (Å²) in [5.74, 6) is -1.20. The number of carbonyl (C=O) groups is 2. The number of rotatable bonds is 5. The van der Waals surface area contributed by atoms with E-state index < -0.39 is 11.9 Å². The van der Waals surface area contributed by atoms with Gasteiger partial charge < -0.3 is 15.7 Å². The van der Waals surface area contributed by atoms with Gasteiger partial charge in [-0.15, -0.1) is 0 Å². The van der Waals surface area contributed by atoms with E-state index >= 15 is 0 Å². The van der Waals surface area contributed by atoms with Crippen LogP contribution in [0.2, 0.25) is 0 Å². The minimum absolute atomic E-state index is 0.00487. The van der Waals surface area contributed by atoms with Crippen LogP contribution in [0.25, 0.3) is 11.1 Å². The van der Waals surface area contributed by atoms with E-state index in [1.807, 2.05) is 12.1 Å². The molecular weight excluding hydrogens is 358 g/mol. The monoisotopic (exact) mass is 381 g/mol. The molecule has 1 aromatic carbocycles. The predicted octanol–water partition coefficient (Wildman–Crippen LogP) is 2.00. The summed E-state index contributed by atoms with van der Waals surface area (Å²) in [6, 6.07) is 7.15. The fourth-order valence-corrected chi connectivity index (χ4v) is 3.38. The zero-order valence-electron chi connectivity index (χ0n) is 15.6. The van der Waals surface area contributed by atoms with Crippen molar-refractivity contribution in [1.29, 1.82) is 5.41 Å². The lowest BCUT2D eigenvalue weighted by atomic mass is 9.85. The lowest BCUT2D eigenvalue weighted by Crippen LogP contribution is -2.41. The standard InChI is InChI=1S/C20H23N5O3/c1-12(20(27)28)13-6-8-25(9-7-13)19(26)18-23-10-16(11-24-18)14-2-4-15(5-3-14)17(21)22/h2-5,10-13H,6-9H2,1H3,(H3,21,22)(H,27,28). The van der Waals surface area contributed by atoms with Gasteiger partial charge in [0.2, 0.25) is 5.82 Å². The Morgan fingerprint density at radius 2 is 1.71 bits per heavy atom. The molecule has 1 aliphatic heterocycles. The molecule has 0 aliphatic carbocycles. The molecule has 28 heavy (non-hydrogen) atoms. The van der Waals surface area contributed by atoms with Crippen molar-refractivity contribution in [1.82, 2.24) is 14.9 Å². The quantitative estimate of drug-likeness (QED) is 0.536. The maximum Gasteiger partial charge on any atom is 0.306 e. The van der Waals surface area contributed by atoms with Gasteiger partial charge in [0, 0.05) is 36.6 Å². The molecule has 0 spiro atoms. The third-order valence-corrected chi connectivity index (χ3v) is 5.30. The number of piperidine rings is 1. The highest BCUT2D eigenvalue weighted by atomic mass is 16.4. The van der Waals surface area contributed by atoms with Gasteiger partial charge in [-0.05, 0) is 24.3 Å². The van der Waals surface area contributed by atoms with Crippen molar-refractivity contribution < 1.29 is 14.7 Å². The summed E-state index contributed by atoms with van der Waals surface area (Å²) >= 11 is 0. The molecule has 1 amide bonds. The van der Waals surface area contributed by atoms with E-state index in [-0.39, 0.29) is 23.5 Å². The molecule has 2 heterocycles. The molecule has 0 saturated carbocycles. The molecule has 3 rings (SSSR count). The first-order chi connectivity index (χ1) is 13.4. The van der Waals surface area contributed by atoms with Crippen LogP contribution in [0, 0.1) is 17.2 Å². The zero-order valence-corrected chi connectivity index (χ0v) is 15.6. The van der Waals surface area contributed by atoms with Gasteiger partial charge in [-0.2, -0.15) is 0 Å². The number of amidine groups is 1. The van der Waals surface area contributed by atoms with E-state index in [0.717, 1.165) is 11.1 Å². The smallest absolute Gasteiger partial charge is 0.306 e. The molecule has 1 fully saturated rings. The van der Waals surface area contributed by atoms with Gasteiger partial charge in [0.25, 0.3) is 5.91 Å². The Kier molecular flexibility index (Phi) is 5.67. The minimum Gasteiger partial charge on any atom is -0.481 e. The Hall–Kier alpha value is -3.29. The summed E-state index contributed by atoms with van der Waals surface area (Å²) in [6.45, 7) is 2.74. The molecule has 0 bridgehead atoms. The van der Waals surface area contributed by atoms with Gasteiger partial charge in [-0.25, -0.2) is 9.97 Å². The Morgan fingerprint density at radius 3 is 2.21 bits per heavy atom. The maximum absolute atomic E-state index is 12.6. The molecule has 2 aromatic rings. The second kappa shape index (κ2) is 8.16. The van der Waals surface area contributed by atoms with E-state index in [9.17, 15) is 9.59 Å². The van der Waals surface area contributed by atoms with Crippen molar-refractivity contribution in [3.63, 3.8) is 0 Å².